The summed E-state index contributed by atoms with van der Waals surface area (Å²) in [5.74, 6) is 4.59. The summed E-state index contributed by atoms with van der Waals surface area (Å²) < 4.78 is 10.8. The molecule has 0 atom stereocenters. The zero-order valence-corrected chi connectivity index (χ0v) is 18.5. The van der Waals surface area contributed by atoms with Gasteiger partial charge >= 0.3 is 0 Å². The molecular formula is C21H30IN3O2. The van der Waals surface area contributed by atoms with Gasteiger partial charge in [-0.1, -0.05) is 23.6 Å². The molecule has 0 saturated carbocycles. The standard InChI is InChI=1S/C21H29N3O2.HI/c1-4-14-26-20-15-18(10-11-19(20)25-3)16-24-21(22-2)23-13-12-17-8-6-5-7-9-17;/h1,8,10-11,15H,5-7,9,12-14,16H2,2-3H3,(H2,22,23,24);1H. The van der Waals surface area contributed by atoms with Crippen molar-refractivity contribution in [2.24, 2.45) is 4.99 Å². The maximum Gasteiger partial charge on any atom is 0.191 e. The Kier molecular flexibility index (Phi) is 11.4. The number of rotatable bonds is 8. The first-order valence-corrected chi connectivity index (χ1v) is 9.12. The predicted octanol–water partition coefficient (Wildman–Crippen LogP) is 3.88. The Morgan fingerprint density at radius 2 is 2.11 bits per heavy atom. The van der Waals surface area contributed by atoms with E-state index in [0.717, 1.165) is 24.5 Å². The minimum Gasteiger partial charge on any atom is -0.493 e. The smallest absolute Gasteiger partial charge is 0.191 e. The predicted molar refractivity (Wildman–Crippen MR) is 122 cm³/mol. The molecule has 148 valence electrons. The first-order valence-electron chi connectivity index (χ1n) is 9.12. The minimum atomic E-state index is 0. The van der Waals surface area contributed by atoms with Gasteiger partial charge in [-0.3, -0.25) is 4.99 Å². The summed E-state index contributed by atoms with van der Waals surface area (Å²) in [6, 6.07) is 5.81. The van der Waals surface area contributed by atoms with Crippen LogP contribution in [0.3, 0.4) is 0 Å². The zero-order chi connectivity index (χ0) is 18.6. The van der Waals surface area contributed by atoms with E-state index in [-0.39, 0.29) is 30.6 Å². The number of allylic oxidation sites excluding steroid dienone is 1. The fraction of sp³-hybridized carbons (Fsp3) is 0.476. The molecule has 0 bridgehead atoms. The number of halogens is 1. The topological polar surface area (TPSA) is 54.9 Å². The molecule has 6 heteroatoms. The largest absolute Gasteiger partial charge is 0.493 e. The van der Waals surface area contributed by atoms with Crippen molar-refractivity contribution in [3.8, 4) is 23.8 Å². The van der Waals surface area contributed by atoms with Gasteiger partial charge in [0.1, 0.15) is 6.61 Å². The molecule has 0 unspecified atom stereocenters. The maximum absolute atomic E-state index is 5.54. The number of hydrogen-bond donors (Lipinski definition) is 2. The summed E-state index contributed by atoms with van der Waals surface area (Å²) in [6.45, 7) is 1.75. The van der Waals surface area contributed by atoms with Crippen molar-refractivity contribution in [1.29, 1.82) is 0 Å². The molecule has 5 nitrogen and oxygen atoms in total. The SMILES string of the molecule is C#CCOc1cc(CNC(=NC)NCCC2=CCCCC2)ccc1OC.I. The number of hydrogen-bond acceptors (Lipinski definition) is 3. The van der Waals surface area contributed by atoms with E-state index in [0.29, 0.717) is 18.0 Å². The lowest BCUT2D eigenvalue weighted by Gasteiger charge is -2.16. The third-order valence-electron chi connectivity index (χ3n) is 4.35. The van der Waals surface area contributed by atoms with Gasteiger partial charge in [-0.25, -0.2) is 0 Å². The van der Waals surface area contributed by atoms with E-state index >= 15 is 0 Å². The van der Waals surface area contributed by atoms with E-state index in [1.54, 1.807) is 19.7 Å². The molecule has 0 aromatic heterocycles. The number of nitrogens with zero attached hydrogens (tertiary/aromatic N) is 1. The third-order valence-corrected chi connectivity index (χ3v) is 4.35. The van der Waals surface area contributed by atoms with Crippen molar-refractivity contribution in [2.45, 2.75) is 38.6 Å². The highest BCUT2D eigenvalue weighted by Gasteiger charge is 2.07. The summed E-state index contributed by atoms with van der Waals surface area (Å²) in [5.41, 5.74) is 2.63. The average Bonchev–Trinajstić information content (AvgIpc) is 2.69. The third kappa shape index (κ3) is 8.12. The molecule has 1 aliphatic carbocycles. The lowest BCUT2D eigenvalue weighted by atomic mass is 9.97. The van der Waals surface area contributed by atoms with Crippen molar-refractivity contribution in [2.75, 3.05) is 27.3 Å². The Bertz CT molecular complexity index is 680. The molecule has 0 amide bonds. The number of methoxy groups -OCH3 is 1. The van der Waals surface area contributed by atoms with Gasteiger partial charge in [0, 0.05) is 20.1 Å². The first kappa shape index (κ1) is 23.2. The van der Waals surface area contributed by atoms with E-state index in [1.165, 1.54) is 25.7 Å². The van der Waals surface area contributed by atoms with E-state index in [1.807, 2.05) is 18.2 Å². The van der Waals surface area contributed by atoms with Gasteiger partial charge in [0.2, 0.25) is 0 Å². The Hall–Kier alpha value is -1.88. The quantitative estimate of drug-likeness (QED) is 0.194. The van der Waals surface area contributed by atoms with Gasteiger partial charge in [-0.2, -0.15) is 0 Å². The van der Waals surface area contributed by atoms with Crippen LogP contribution in [-0.4, -0.2) is 33.3 Å². The van der Waals surface area contributed by atoms with Crippen LogP contribution in [0.1, 0.15) is 37.7 Å². The molecule has 0 saturated heterocycles. The zero-order valence-electron chi connectivity index (χ0n) is 16.2. The van der Waals surface area contributed by atoms with Gasteiger partial charge in [-0.15, -0.1) is 30.4 Å². The Labute approximate surface area is 180 Å². The van der Waals surface area contributed by atoms with Crippen LogP contribution in [0.4, 0.5) is 0 Å². The normalized spacial score (nSPS) is 13.7. The first-order chi connectivity index (χ1) is 12.8. The van der Waals surface area contributed by atoms with Gasteiger partial charge in [0.15, 0.2) is 17.5 Å². The van der Waals surface area contributed by atoms with Crippen LogP contribution in [0.25, 0.3) is 0 Å². The molecule has 0 radical (unpaired) electrons. The van der Waals surface area contributed by atoms with Crippen molar-refractivity contribution in [3.05, 3.63) is 35.4 Å². The number of aliphatic imine (C=N–C) groups is 1. The molecule has 0 fully saturated rings. The summed E-state index contributed by atoms with van der Waals surface area (Å²) in [4.78, 5) is 4.28. The van der Waals surface area contributed by atoms with Gasteiger partial charge < -0.3 is 20.1 Å². The second-order valence-electron chi connectivity index (χ2n) is 6.19. The lowest BCUT2D eigenvalue weighted by molar-refractivity contribution is 0.330. The van der Waals surface area contributed by atoms with Crippen LogP contribution in [0.15, 0.2) is 34.8 Å². The van der Waals surface area contributed by atoms with Crippen molar-refractivity contribution >= 4 is 29.9 Å². The maximum atomic E-state index is 5.54. The van der Waals surface area contributed by atoms with Crippen molar-refractivity contribution in [1.82, 2.24) is 10.6 Å². The van der Waals surface area contributed by atoms with Crippen LogP contribution in [0, 0.1) is 12.3 Å². The summed E-state index contributed by atoms with van der Waals surface area (Å²) in [6.07, 6.45) is 13.8. The van der Waals surface area contributed by atoms with E-state index in [4.69, 9.17) is 15.9 Å². The van der Waals surface area contributed by atoms with E-state index < -0.39 is 0 Å². The Balaban J connectivity index is 0.00000364. The van der Waals surface area contributed by atoms with Crippen molar-refractivity contribution in [3.63, 3.8) is 0 Å². The van der Waals surface area contributed by atoms with Gasteiger partial charge in [0.25, 0.3) is 0 Å². The highest BCUT2D eigenvalue weighted by molar-refractivity contribution is 14.0. The molecule has 2 N–H and O–H groups in total. The molecule has 1 aliphatic rings. The van der Waals surface area contributed by atoms with Crippen molar-refractivity contribution < 1.29 is 9.47 Å². The van der Waals surface area contributed by atoms with Crippen LogP contribution in [-0.2, 0) is 6.54 Å². The number of benzene rings is 1. The molecule has 0 aliphatic heterocycles. The van der Waals surface area contributed by atoms with Crippen LogP contribution in [0.2, 0.25) is 0 Å². The molecule has 1 aromatic rings. The molecule has 0 heterocycles. The number of nitrogens with one attached hydrogen (secondary N) is 2. The molecule has 2 rings (SSSR count). The van der Waals surface area contributed by atoms with Crippen LogP contribution < -0.4 is 20.1 Å². The fourth-order valence-corrected chi connectivity index (χ4v) is 2.94. The van der Waals surface area contributed by atoms with Gasteiger partial charge in [0.05, 0.1) is 7.11 Å². The molecular weight excluding hydrogens is 453 g/mol. The fourth-order valence-electron chi connectivity index (χ4n) is 2.94. The number of ether oxygens (including phenoxy) is 2. The number of terminal acetylenes is 1. The number of guanidine groups is 1. The molecule has 1 aromatic carbocycles. The highest BCUT2D eigenvalue weighted by Crippen LogP contribution is 2.28. The summed E-state index contributed by atoms with van der Waals surface area (Å²) in [5, 5.41) is 6.70. The van der Waals surface area contributed by atoms with E-state index in [9.17, 15) is 0 Å². The van der Waals surface area contributed by atoms with Gasteiger partial charge in [-0.05, 0) is 49.8 Å². The summed E-state index contributed by atoms with van der Waals surface area (Å²) >= 11 is 0. The second kappa shape index (κ2) is 13.3. The Morgan fingerprint density at radius 1 is 1.26 bits per heavy atom. The lowest BCUT2D eigenvalue weighted by Crippen LogP contribution is -2.37. The Morgan fingerprint density at radius 3 is 2.78 bits per heavy atom. The summed E-state index contributed by atoms with van der Waals surface area (Å²) in [7, 11) is 3.40. The molecule has 27 heavy (non-hydrogen) atoms. The monoisotopic (exact) mass is 483 g/mol. The second-order valence-corrected chi connectivity index (χ2v) is 6.19. The highest BCUT2D eigenvalue weighted by atomic mass is 127. The molecule has 0 spiro atoms. The van der Waals surface area contributed by atoms with E-state index in [2.05, 4.69) is 27.6 Å². The van der Waals surface area contributed by atoms with Crippen LogP contribution >= 0.6 is 24.0 Å². The minimum absolute atomic E-state index is 0. The van der Waals surface area contributed by atoms with Crippen LogP contribution in [0.5, 0.6) is 11.5 Å². The average molecular weight is 483 g/mol.